The molecule has 3 aromatic rings. The van der Waals surface area contributed by atoms with E-state index in [0.717, 1.165) is 53.9 Å². The van der Waals surface area contributed by atoms with Crippen LogP contribution in [0.15, 0.2) is 54.6 Å². The van der Waals surface area contributed by atoms with E-state index < -0.39 is 0 Å². The van der Waals surface area contributed by atoms with Gasteiger partial charge in [-0.1, -0.05) is 30.3 Å². The predicted molar refractivity (Wildman–Crippen MR) is 119 cm³/mol. The van der Waals surface area contributed by atoms with Crippen molar-refractivity contribution in [1.82, 2.24) is 15.3 Å². The number of rotatable bonds is 4. The molecule has 6 nitrogen and oxygen atoms in total. The Bertz CT molecular complexity index is 1150. The summed E-state index contributed by atoms with van der Waals surface area (Å²) in [4.78, 5) is 23.1. The molecule has 5 rings (SSSR count). The first-order chi connectivity index (χ1) is 14.7. The second kappa shape index (κ2) is 7.89. The van der Waals surface area contributed by atoms with Crippen molar-refractivity contribution >= 4 is 33.7 Å². The molecule has 2 heterocycles. The molecule has 3 N–H and O–H groups in total. The first kappa shape index (κ1) is 18.8. The van der Waals surface area contributed by atoms with Crippen LogP contribution in [0.3, 0.4) is 0 Å². The number of carbonyl (C=O) groups excluding carboxylic acids is 1. The van der Waals surface area contributed by atoms with Gasteiger partial charge in [-0.05, 0) is 41.0 Å². The van der Waals surface area contributed by atoms with Crippen molar-refractivity contribution in [3.05, 3.63) is 71.6 Å². The molecule has 0 amide bonds. The van der Waals surface area contributed by atoms with Gasteiger partial charge in [-0.25, -0.2) is 4.98 Å². The summed E-state index contributed by atoms with van der Waals surface area (Å²) in [5.74, 6) is 0.678. The summed E-state index contributed by atoms with van der Waals surface area (Å²) in [6.07, 6.45) is 4.21. The number of aromatic amines is 1. The summed E-state index contributed by atoms with van der Waals surface area (Å²) >= 11 is 0. The first-order valence-electron chi connectivity index (χ1n) is 10.3. The van der Waals surface area contributed by atoms with Crippen LogP contribution >= 0.6 is 0 Å². The molecule has 152 valence electrons. The molecular weight excluding hydrogens is 376 g/mol. The number of hydrogen-bond acceptors (Lipinski definition) is 5. The van der Waals surface area contributed by atoms with E-state index in [4.69, 9.17) is 4.98 Å². The molecule has 0 spiro atoms. The second-order valence-corrected chi connectivity index (χ2v) is 7.72. The summed E-state index contributed by atoms with van der Waals surface area (Å²) in [5.41, 5.74) is 6.48. The van der Waals surface area contributed by atoms with Crippen LogP contribution in [0, 0.1) is 0 Å². The van der Waals surface area contributed by atoms with Crippen molar-refractivity contribution in [2.75, 3.05) is 31.1 Å². The van der Waals surface area contributed by atoms with E-state index in [1.54, 1.807) is 0 Å². The number of imidazole rings is 1. The Kier molecular flexibility index (Phi) is 4.94. The lowest BCUT2D eigenvalue weighted by Crippen LogP contribution is -2.43. The van der Waals surface area contributed by atoms with Gasteiger partial charge < -0.3 is 20.3 Å². The molecule has 2 aliphatic rings. The topological polar surface area (TPSA) is 81.2 Å². The van der Waals surface area contributed by atoms with Crippen LogP contribution in [-0.4, -0.2) is 47.0 Å². The number of nitrogens with zero attached hydrogens (tertiary/aromatic N) is 2. The molecule has 6 heteroatoms. The van der Waals surface area contributed by atoms with Crippen LogP contribution in [0.5, 0.6) is 0 Å². The Morgan fingerprint density at radius 1 is 1.07 bits per heavy atom. The zero-order chi connectivity index (χ0) is 20.5. The Hall–Kier alpha value is -3.22. The Labute approximate surface area is 174 Å². The standard InChI is InChI=1S/C24H24N4O2/c29-15-16-1-3-17(4-2-16)18-5-8-23(30)20(13-18)24-26-21-7-6-19(14-22(21)27-24)28-11-9-25-10-12-28/h1-7,13-14,25,29H,8-12,15H2,(H,26,27). The highest BCUT2D eigenvalue weighted by atomic mass is 16.3. The number of nitrogens with one attached hydrogen (secondary N) is 2. The highest BCUT2D eigenvalue weighted by Gasteiger charge is 2.20. The van der Waals surface area contributed by atoms with E-state index in [9.17, 15) is 9.90 Å². The minimum Gasteiger partial charge on any atom is -0.392 e. The summed E-state index contributed by atoms with van der Waals surface area (Å²) in [6, 6.07) is 14.0. The van der Waals surface area contributed by atoms with Crippen molar-refractivity contribution < 1.29 is 9.90 Å². The largest absolute Gasteiger partial charge is 0.392 e. The van der Waals surface area contributed by atoms with Gasteiger partial charge in [0.25, 0.3) is 0 Å². The molecule has 30 heavy (non-hydrogen) atoms. The molecule has 0 radical (unpaired) electrons. The number of allylic oxidation sites excluding steroid dienone is 4. The smallest absolute Gasteiger partial charge is 0.170 e. The third kappa shape index (κ3) is 3.56. The maximum absolute atomic E-state index is 12.6. The third-order valence-electron chi connectivity index (χ3n) is 5.78. The molecule has 1 fully saturated rings. The van der Waals surface area contributed by atoms with Gasteiger partial charge >= 0.3 is 0 Å². The van der Waals surface area contributed by atoms with Crippen LogP contribution in [0.25, 0.3) is 22.2 Å². The summed E-state index contributed by atoms with van der Waals surface area (Å²) in [6.45, 7) is 3.97. The zero-order valence-electron chi connectivity index (χ0n) is 16.7. The summed E-state index contributed by atoms with van der Waals surface area (Å²) in [7, 11) is 0. The second-order valence-electron chi connectivity index (χ2n) is 7.72. The van der Waals surface area contributed by atoms with Crippen LogP contribution in [0.4, 0.5) is 5.69 Å². The van der Waals surface area contributed by atoms with Crippen LogP contribution in [-0.2, 0) is 11.4 Å². The lowest BCUT2D eigenvalue weighted by Gasteiger charge is -2.29. The highest BCUT2D eigenvalue weighted by molar-refractivity contribution is 6.24. The number of Topliss-reactive ketones (excluding diaryl/α,β-unsaturated/α-hetero) is 1. The van der Waals surface area contributed by atoms with Crippen LogP contribution in [0.2, 0.25) is 0 Å². The number of piperazine rings is 1. The van der Waals surface area contributed by atoms with Crippen molar-refractivity contribution in [3.63, 3.8) is 0 Å². The van der Waals surface area contributed by atoms with E-state index in [2.05, 4.69) is 27.3 Å². The number of fused-ring (bicyclic) bond motifs is 1. The van der Waals surface area contributed by atoms with Crippen molar-refractivity contribution in [3.8, 4) is 0 Å². The Morgan fingerprint density at radius 2 is 1.87 bits per heavy atom. The van der Waals surface area contributed by atoms with Crippen molar-refractivity contribution in [2.45, 2.75) is 13.0 Å². The van der Waals surface area contributed by atoms with Gasteiger partial charge in [0, 0.05) is 38.3 Å². The van der Waals surface area contributed by atoms with Gasteiger partial charge in [-0.3, -0.25) is 4.79 Å². The van der Waals surface area contributed by atoms with E-state index in [-0.39, 0.29) is 12.4 Å². The zero-order valence-corrected chi connectivity index (χ0v) is 16.7. The van der Waals surface area contributed by atoms with Crippen molar-refractivity contribution in [1.29, 1.82) is 0 Å². The number of carbonyl (C=O) groups is 1. The maximum Gasteiger partial charge on any atom is 0.170 e. The van der Waals surface area contributed by atoms with Gasteiger partial charge in [0.2, 0.25) is 0 Å². The quantitative estimate of drug-likeness (QED) is 0.627. The van der Waals surface area contributed by atoms with Gasteiger partial charge in [-0.2, -0.15) is 0 Å². The number of aliphatic hydroxyl groups is 1. The Balaban J connectivity index is 1.47. The van der Waals surface area contributed by atoms with E-state index in [1.165, 1.54) is 5.69 Å². The van der Waals surface area contributed by atoms with E-state index in [0.29, 0.717) is 17.8 Å². The number of aromatic nitrogens is 2. The van der Waals surface area contributed by atoms with E-state index >= 15 is 0 Å². The SMILES string of the molecule is O=C1CC=C(c2ccc(CO)cc2)C=C1c1nc2ccc(N3CCNCC3)cc2[nH]1. The van der Waals surface area contributed by atoms with Crippen LogP contribution < -0.4 is 10.2 Å². The average Bonchev–Trinajstić information content (AvgIpc) is 3.23. The molecule has 1 aliphatic carbocycles. The minimum absolute atomic E-state index is 0.0216. The molecule has 1 saturated heterocycles. The molecular formula is C24H24N4O2. The number of benzene rings is 2. The monoisotopic (exact) mass is 400 g/mol. The van der Waals surface area contributed by atoms with Crippen LogP contribution in [0.1, 0.15) is 23.4 Å². The fourth-order valence-electron chi connectivity index (χ4n) is 4.06. The molecule has 0 atom stereocenters. The lowest BCUT2D eigenvalue weighted by atomic mass is 9.93. The predicted octanol–water partition coefficient (Wildman–Crippen LogP) is 2.90. The van der Waals surface area contributed by atoms with E-state index in [1.807, 2.05) is 42.5 Å². The number of hydrogen-bond donors (Lipinski definition) is 3. The first-order valence-corrected chi connectivity index (χ1v) is 10.3. The molecule has 0 unspecified atom stereocenters. The lowest BCUT2D eigenvalue weighted by molar-refractivity contribution is -0.113. The number of anilines is 1. The number of H-pyrrole nitrogens is 1. The highest BCUT2D eigenvalue weighted by Crippen LogP contribution is 2.30. The van der Waals surface area contributed by atoms with Gasteiger partial charge in [-0.15, -0.1) is 0 Å². The molecule has 1 aromatic heterocycles. The maximum atomic E-state index is 12.6. The van der Waals surface area contributed by atoms with Gasteiger partial charge in [0.15, 0.2) is 5.78 Å². The molecule has 0 saturated carbocycles. The Morgan fingerprint density at radius 3 is 2.63 bits per heavy atom. The summed E-state index contributed by atoms with van der Waals surface area (Å²) in [5, 5.41) is 12.6. The van der Waals surface area contributed by atoms with Gasteiger partial charge in [0.1, 0.15) is 5.82 Å². The molecule has 2 aromatic carbocycles. The fraction of sp³-hybridized carbons (Fsp3) is 0.250. The minimum atomic E-state index is 0.0216. The summed E-state index contributed by atoms with van der Waals surface area (Å²) < 4.78 is 0. The average molecular weight is 400 g/mol. The number of ketones is 1. The normalized spacial score (nSPS) is 17.2. The molecule has 0 bridgehead atoms. The third-order valence-corrected chi connectivity index (χ3v) is 5.78. The van der Waals surface area contributed by atoms with Gasteiger partial charge in [0.05, 0.1) is 23.2 Å². The van der Waals surface area contributed by atoms with Crippen molar-refractivity contribution in [2.24, 2.45) is 0 Å². The molecule has 1 aliphatic heterocycles. The number of aliphatic hydroxyl groups excluding tert-OH is 1. The fourth-order valence-corrected chi connectivity index (χ4v) is 4.06.